The first-order valence-electron chi connectivity index (χ1n) is 7.44. The Bertz CT molecular complexity index is 425. The normalized spacial score (nSPS) is 22.7. The monoisotopic (exact) mass is 278 g/mol. The molecule has 2 atom stereocenters. The van der Waals surface area contributed by atoms with Gasteiger partial charge >= 0.3 is 0 Å². The molecule has 0 amide bonds. The minimum atomic E-state index is 0.0152. The summed E-state index contributed by atoms with van der Waals surface area (Å²) in [5.74, 6) is 0.889. The van der Waals surface area contributed by atoms with Crippen LogP contribution in [0.25, 0.3) is 0 Å². The molecule has 0 aliphatic carbocycles. The molecule has 1 aromatic rings. The largest absolute Gasteiger partial charge is 0.494 e. The van der Waals surface area contributed by atoms with Crippen molar-refractivity contribution >= 4 is 0 Å². The van der Waals surface area contributed by atoms with Crippen LogP contribution in [-0.4, -0.2) is 60.8 Å². The molecule has 1 fully saturated rings. The van der Waals surface area contributed by atoms with E-state index in [1.54, 1.807) is 0 Å². The molecule has 2 rings (SSSR count). The first-order chi connectivity index (χ1) is 9.67. The summed E-state index contributed by atoms with van der Waals surface area (Å²) in [6.45, 7) is 8.03. The Hall–Kier alpha value is -1.10. The van der Waals surface area contributed by atoms with Gasteiger partial charge in [0.1, 0.15) is 5.75 Å². The van der Waals surface area contributed by atoms with E-state index in [2.05, 4.69) is 29.8 Å². The number of aliphatic hydroxyl groups is 1. The summed E-state index contributed by atoms with van der Waals surface area (Å²) >= 11 is 0. The Kier molecular flexibility index (Phi) is 5.40. The lowest BCUT2D eigenvalue weighted by atomic mass is 10.0. The molecule has 1 aliphatic heterocycles. The highest BCUT2D eigenvalue weighted by Crippen LogP contribution is 2.31. The van der Waals surface area contributed by atoms with Gasteiger partial charge in [0, 0.05) is 31.2 Å². The van der Waals surface area contributed by atoms with Crippen molar-refractivity contribution in [2.24, 2.45) is 0 Å². The molecule has 1 aromatic carbocycles. The molecule has 4 heteroatoms. The zero-order valence-electron chi connectivity index (χ0n) is 12.7. The van der Waals surface area contributed by atoms with Gasteiger partial charge in [-0.3, -0.25) is 4.90 Å². The number of piperazine rings is 1. The van der Waals surface area contributed by atoms with Gasteiger partial charge in [-0.05, 0) is 27.0 Å². The number of hydrogen-bond donors (Lipinski definition) is 1. The number of likely N-dealkylation sites (N-methyl/N-ethyl adjacent to an activating group) is 1. The van der Waals surface area contributed by atoms with Crippen LogP contribution in [0.4, 0.5) is 0 Å². The summed E-state index contributed by atoms with van der Waals surface area (Å²) in [7, 11) is 2.15. The van der Waals surface area contributed by atoms with Gasteiger partial charge in [-0.25, -0.2) is 0 Å². The second kappa shape index (κ2) is 7.07. The second-order valence-electron chi connectivity index (χ2n) is 5.52. The van der Waals surface area contributed by atoms with Crippen molar-refractivity contribution < 1.29 is 9.84 Å². The van der Waals surface area contributed by atoms with Crippen molar-refractivity contribution in [1.82, 2.24) is 9.80 Å². The fourth-order valence-electron chi connectivity index (χ4n) is 3.04. The summed E-state index contributed by atoms with van der Waals surface area (Å²) in [6, 6.07) is 8.50. The fraction of sp³-hybridized carbons (Fsp3) is 0.625. The zero-order valence-corrected chi connectivity index (χ0v) is 12.7. The van der Waals surface area contributed by atoms with Crippen molar-refractivity contribution in [3.8, 4) is 5.75 Å². The van der Waals surface area contributed by atoms with Gasteiger partial charge in [-0.2, -0.15) is 0 Å². The van der Waals surface area contributed by atoms with Crippen LogP contribution in [0.3, 0.4) is 0 Å². The third-order valence-corrected chi connectivity index (χ3v) is 4.03. The molecule has 112 valence electrons. The lowest BCUT2D eigenvalue weighted by Gasteiger charge is -2.42. The summed E-state index contributed by atoms with van der Waals surface area (Å²) in [4.78, 5) is 4.72. The number of benzene rings is 1. The number of rotatable bonds is 5. The molecule has 1 saturated heterocycles. The first kappa shape index (κ1) is 15.3. The fourth-order valence-corrected chi connectivity index (χ4v) is 3.04. The Labute approximate surface area is 122 Å². The lowest BCUT2D eigenvalue weighted by Crippen LogP contribution is -2.52. The Morgan fingerprint density at radius 3 is 2.75 bits per heavy atom. The van der Waals surface area contributed by atoms with Gasteiger partial charge in [-0.15, -0.1) is 0 Å². The molecule has 0 bridgehead atoms. The predicted molar refractivity (Wildman–Crippen MR) is 81.1 cm³/mol. The SMILES string of the molecule is CCOc1ccccc1C(CO)N1CCN(C)CC1C. The number of nitrogens with zero attached hydrogens (tertiary/aromatic N) is 2. The highest BCUT2D eigenvalue weighted by Gasteiger charge is 2.30. The number of ether oxygens (including phenoxy) is 1. The van der Waals surface area contributed by atoms with Gasteiger partial charge in [0.15, 0.2) is 0 Å². The number of para-hydroxylation sites is 1. The maximum absolute atomic E-state index is 9.90. The average molecular weight is 278 g/mol. The highest BCUT2D eigenvalue weighted by atomic mass is 16.5. The van der Waals surface area contributed by atoms with E-state index < -0.39 is 0 Å². The summed E-state index contributed by atoms with van der Waals surface area (Å²) in [5.41, 5.74) is 1.09. The van der Waals surface area contributed by atoms with E-state index in [0.29, 0.717) is 12.6 Å². The summed E-state index contributed by atoms with van der Waals surface area (Å²) < 4.78 is 5.72. The van der Waals surface area contributed by atoms with Crippen LogP contribution in [0.1, 0.15) is 25.5 Å². The van der Waals surface area contributed by atoms with Crippen molar-refractivity contribution in [2.75, 3.05) is 39.9 Å². The number of hydrogen-bond acceptors (Lipinski definition) is 4. The van der Waals surface area contributed by atoms with Crippen LogP contribution < -0.4 is 4.74 Å². The average Bonchev–Trinajstić information content (AvgIpc) is 2.44. The van der Waals surface area contributed by atoms with E-state index in [-0.39, 0.29) is 12.6 Å². The van der Waals surface area contributed by atoms with E-state index in [0.717, 1.165) is 30.9 Å². The van der Waals surface area contributed by atoms with Crippen molar-refractivity contribution in [3.05, 3.63) is 29.8 Å². The molecule has 0 aromatic heterocycles. The Morgan fingerprint density at radius 2 is 2.10 bits per heavy atom. The number of aliphatic hydroxyl groups excluding tert-OH is 1. The quantitative estimate of drug-likeness (QED) is 0.890. The topological polar surface area (TPSA) is 35.9 Å². The molecule has 0 radical (unpaired) electrons. The van der Waals surface area contributed by atoms with Crippen molar-refractivity contribution in [1.29, 1.82) is 0 Å². The smallest absolute Gasteiger partial charge is 0.124 e. The maximum atomic E-state index is 9.90. The standard InChI is InChI=1S/C16H26N2O2/c1-4-20-16-8-6-5-7-14(16)15(12-19)18-10-9-17(3)11-13(18)2/h5-8,13,15,19H,4,9-12H2,1-3H3. The molecule has 0 spiro atoms. The van der Waals surface area contributed by atoms with E-state index in [4.69, 9.17) is 4.74 Å². The Morgan fingerprint density at radius 1 is 1.35 bits per heavy atom. The lowest BCUT2D eigenvalue weighted by molar-refractivity contribution is 0.0330. The van der Waals surface area contributed by atoms with E-state index in [1.165, 1.54) is 0 Å². The molecule has 2 unspecified atom stereocenters. The minimum absolute atomic E-state index is 0.0152. The predicted octanol–water partition coefficient (Wildman–Crippen LogP) is 1.75. The van der Waals surface area contributed by atoms with Crippen LogP contribution in [0.2, 0.25) is 0 Å². The van der Waals surface area contributed by atoms with Crippen LogP contribution in [0.5, 0.6) is 5.75 Å². The van der Waals surface area contributed by atoms with Gasteiger partial charge < -0.3 is 14.7 Å². The maximum Gasteiger partial charge on any atom is 0.124 e. The summed E-state index contributed by atoms with van der Waals surface area (Å²) in [6.07, 6.45) is 0. The van der Waals surface area contributed by atoms with Crippen molar-refractivity contribution in [2.45, 2.75) is 25.9 Å². The molecule has 4 nitrogen and oxygen atoms in total. The van der Waals surface area contributed by atoms with Crippen molar-refractivity contribution in [3.63, 3.8) is 0 Å². The minimum Gasteiger partial charge on any atom is -0.494 e. The van der Waals surface area contributed by atoms with Crippen LogP contribution in [0.15, 0.2) is 24.3 Å². The highest BCUT2D eigenvalue weighted by molar-refractivity contribution is 5.36. The van der Waals surface area contributed by atoms with Gasteiger partial charge in [-0.1, -0.05) is 18.2 Å². The Balaban J connectivity index is 2.23. The molecule has 0 saturated carbocycles. The van der Waals surface area contributed by atoms with E-state index >= 15 is 0 Å². The van der Waals surface area contributed by atoms with E-state index in [1.807, 2.05) is 25.1 Å². The molecular formula is C16H26N2O2. The van der Waals surface area contributed by atoms with Gasteiger partial charge in [0.2, 0.25) is 0 Å². The molecular weight excluding hydrogens is 252 g/mol. The summed E-state index contributed by atoms with van der Waals surface area (Å²) in [5, 5.41) is 9.90. The van der Waals surface area contributed by atoms with Gasteiger partial charge in [0.25, 0.3) is 0 Å². The second-order valence-corrected chi connectivity index (χ2v) is 5.52. The third-order valence-electron chi connectivity index (χ3n) is 4.03. The molecule has 1 heterocycles. The van der Waals surface area contributed by atoms with E-state index in [9.17, 15) is 5.11 Å². The zero-order chi connectivity index (χ0) is 14.5. The molecule has 1 N–H and O–H groups in total. The molecule has 1 aliphatic rings. The third kappa shape index (κ3) is 3.32. The molecule has 20 heavy (non-hydrogen) atoms. The first-order valence-corrected chi connectivity index (χ1v) is 7.44. The van der Waals surface area contributed by atoms with Crippen LogP contribution >= 0.6 is 0 Å². The van der Waals surface area contributed by atoms with Crippen LogP contribution in [-0.2, 0) is 0 Å². The van der Waals surface area contributed by atoms with Crippen LogP contribution in [0, 0.1) is 0 Å². The van der Waals surface area contributed by atoms with Gasteiger partial charge in [0.05, 0.1) is 19.3 Å².